The number of benzene rings is 2. The van der Waals surface area contributed by atoms with Crippen LogP contribution in [0.15, 0.2) is 47.4 Å². The molecular weight excluding hydrogens is 474 g/mol. The molecule has 0 saturated carbocycles. The molecule has 0 unspecified atom stereocenters. The van der Waals surface area contributed by atoms with E-state index in [1.54, 1.807) is 6.07 Å². The van der Waals surface area contributed by atoms with Crippen molar-refractivity contribution in [2.45, 2.75) is 4.90 Å². The Labute approximate surface area is 192 Å². The van der Waals surface area contributed by atoms with Crippen molar-refractivity contribution in [2.24, 2.45) is 0 Å². The molecule has 1 N–H and O–H groups in total. The molecule has 0 spiro atoms. The summed E-state index contributed by atoms with van der Waals surface area (Å²) in [5, 5.41) is 2.60. The number of fused-ring (bicyclic) bond motifs is 1. The summed E-state index contributed by atoms with van der Waals surface area (Å²) in [6.45, 7) is -0.147. The molecule has 2 aromatic carbocycles. The number of sulfonamides is 2. The van der Waals surface area contributed by atoms with Gasteiger partial charge in [-0.3, -0.25) is 9.10 Å². The predicted molar refractivity (Wildman–Crippen MR) is 121 cm³/mol. The van der Waals surface area contributed by atoms with E-state index in [0.717, 1.165) is 14.9 Å². The van der Waals surface area contributed by atoms with Gasteiger partial charge >= 0.3 is 0 Å². The van der Waals surface area contributed by atoms with Crippen molar-refractivity contribution in [1.82, 2.24) is 9.62 Å². The van der Waals surface area contributed by atoms with Crippen LogP contribution in [0.4, 0.5) is 5.69 Å². The largest absolute Gasteiger partial charge is 0.492 e. The normalized spacial score (nSPS) is 13.1. The van der Waals surface area contributed by atoms with Gasteiger partial charge in [-0.25, -0.2) is 21.1 Å². The van der Waals surface area contributed by atoms with Crippen molar-refractivity contribution in [3.63, 3.8) is 0 Å². The van der Waals surface area contributed by atoms with Crippen LogP contribution in [0, 0.1) is 0 Å². The summed E-state index contributed by atoms with van der Waals surface area (Å²) in [6, 6.07) is 10.5. The van der Waals surface area contributed by atoms with Gasteiger partial charge in [-0.1, -0.05) is 0 Å². The molecule has 1 heterocycles. The second-order valence-corrected chi connectivity index (χ2v) is 11.3. The number of hydrogen-bond acceptors (Lipinski definition) is 8. The van der Waals surface area contributed by atoms with Gasteiger partial charge in [0.2, 0.25) is 32.7 Å². The lowest BCUT2D eigenvalue weighted by Crippen LogP contribution is -2.41. The van der Waals surface area contributed by atoms with Gasteiger partial charge in [0.05, 0.1) is 23.4 Å². The molecule has 0 aromatic heterocycles. The molecule has 13 heteroatoms. The molecule has 0 radical (unpaired) electrons. The molecule has 2 aromatic rings. The maximum absolute atomic E-state index is 12.3. The third kappa shape index (κ3) is 6.06. The number of carbonyl (C=O) groups is 1. The van der Waals surface area contributed by atoms with Crippen molar-refractivity contribution in [3.8, 4) is 17.2 Å². The highest BCUT2D eigenvalue weighted by molar-refractivity contribution is 7.92. The first-order valence-electron chi connectivity index (χ1n) is 9.78. The van der Waals surface area contributed by atoms with Crippen LogP contribution in [0.25, 0.3) is 0 Å². The van der Waals surface area contributed by atoms with Crippen molar-refractivity contribution in [3.05, 3.63) is 42.5 Å². The highest BCUT2D eigenvalue weighted by atomic mass is 32.2. The summed E-state index contributed by atoms with van der Waals surface area (Å²) in [7, 11) is -4.37. The minimum atomic E-state index is -3.73. The molecule has 0 saturated heterocycles. The van der Waals surface area contributed by atoms with Crippen LogP contribution < -0.4 is 23.8 Å². The Morgan fingerprint density at radius 1 is 1.03 bits per heavy atom. The number of ether oxygens (including phenoxy) is 3. The number of carbonyl (C=O) groups excluding carboxylic acids is 1. The molecule has 1 amide bonds. The Morgan fingerprint density at radius 2 is 1.70 bits per heavy atom. The van der Waals surface area contributed by atoms with E-state index in [1.165, 1.54) is 50.5 Å². The standard InChI is InChI=1S/C20H25N3O8S2/c1-22(2)33(27,28)17-7-5-16(6-8-17)29-11-10-21-20(24)13-23(32(3,25)26)15-4-9-18-19(12-15)31-14-30-18/h4-9,12H,10-11,13-14H2,1-3H3,(H,21,24). The van der Waals surface area contributed by atoms with Gasteiger partial charge in [-0.15, -0.1) is 0 Å². The first kappa shape index (κ1) is 24.6. The highest BCUT2D eigenvalue weighted by Crippen LogP contribution is 2.36. The fraction of sp³-hybridized carbons (Fsp3) is 0.350. The lowest BCUT2D eigenvalue weighted by Gasteiger charge is -2.22. The molecule has 0 bridgehead atoms. The molecule has 3 rings (SSSR count). The van der Waals surface area contributed by atoms with Crippen LogP contribution >= 0.6 is 0 Å². The van der Waals surface area contributed by atoms with E-state index >= 15 is 0 Å². The van der Waals surface area contributed by atoms with E-state index in [9.17, 15) is 21.6 Å². The van der Waals surface area contributed by atoms with Gasteiger partial charge in [-0.2, -0.15) is 0 Å². The van der Waals surface area contributed by atoms with Gasteiger partial charge < -0.3 is 19.5 Å². The molecule has 1 aliphatic rings. The Balaban J connectivity index is 1.53. The number of rotatable bonds is 10. The van der Waals surface area contributed by atoms with Crippen molar-refractivity contribution in [2.75, 3.05) is 51.1 Å². The molecule has 0 atom stereocenters. The van der Waals surface area contributed by atoms with Crippen LogP contribution in [0.1, 0.15) is 0 Å². The van der Waals surface area contributed by atoms with Crippen LogP contribution in [-0.2, 0) is 24.8 Å². The SMILES string of the molecule is CN(C)S(=O)(=O)c1ccc(OCCNC(=O)CN(c2ccc3c(c2)OCO3)S(C)(=O)=O)cc1. The fourth-order valence-electron chi connectivity index (χ4n) is 2.90. The van der Waals surface area contributed by atoms with Crippen LogP contribution in [0.3, 0.4) is 0 Å². The number of amides is 1. The average Bonchev–Trinajstić information content (AvgIpc) is 3.22. The van der Waals surface area contributed by atoms with Crippen molar-refractivity contribution >= 4 is 31.6 Å². The molecular formula is C20H25N3O8S2. The molecule has 1 aliphatic heterocycles. The van der Waals surface area contributed by atoms with Gasteiger partial charge in [0.1, 0.15) is 18.9 Å². The molecule has 180 valence electrons. The lowest BCUT2D eigenvalue weighted by atomic mass is 10.3. The summed E-state index contributed by atoms with van der Waals surface area (Å²) in [5.74, 6) is 0.815. The van der Waals surface area contributed by atoms with Gasteiger partial charge in [0.25, 0.3) is 0 Å². The smallest absolute Gasteiger partial charge is 0.242 e. The second-order valence-electron chi connectivity index (χ2n) is 7.26. The topological polar surface area (TPSA) is 132 Å². The van der Waals surface area contributed by atoms with Gasteiger partial charge in [0, 0.05) is 20.2 Å². The van der Waals surface area contributed by atoms with Gasteiger partial charge in [0.15, 0.2) is 11.5 Å². The van der Waals surface area contributed by atoms with Gasteiger partial charge in [-0.05, 0) is 36.4 Å². The lowest BCUT2D eigenvalue weighted by molar-refractivity contribution is -0.119. The number of anilines is 1. The Bertz CT molecular complexity index is 1210. The predicted octanol–water partition coefficient (Wildman–Crippen LogP) is 0.627. The summed E-state index contributed by atoms with van der Waals surface area (Å²) >= 11 is 0. The first-order chi connectivity index (χ1) is 15.5. The zero-order valence-electron chi connectivity index (χ0n) is 18.3. The Hall–Kier alpha value is -3.03. The summed E-state index contributed by atoms with van der Waals surface area (Å²) in [5.41, 5.74) is 0.279. The van der Waals surface area contributed by atoms with E-state index in [2.05, 4.69) is 5.32 Å². The quantitative estimate of drug-likeness (QED) is 0.471. The number of nitrogens with one attached hydrogen (secondary N) is 1. The van der Waals surface area contributed by atoms with Crippen LogP contribution in [-0.4, -0.2) is 73.9 Å². The summed E-state index contributed by atoms with van der Waals surface area (Å²) in [4.78, 5) is 12.5. The van der Waals surface area contributed by atoms with Crippen molar-refractivity contribution in [1.29, 1.82) is 0 Å². The summed E-state index contributed by atoms with van der Waals surface area (Å²) < 4.78 is 66.7. The Morgan fingerprint density at radius 3 is 2.33 bits per heavy atom. The summed E-state index contributed by atoms with van der Waals surface area (Å²) in [6.07, 6.45) is 1.01. The maximum Gasteiger partial charge on any atom is 0.242 e. The Kier molecular flexibility index (Phi) is 7.34. The average molecular weight is 500 g/mol. The minimum absolute atomic E-state index is 0.0480. The van der Waals surface area contributed by atoms with E-state index in [0.29, 0.717) is 17.2 Å². The third-order valence-electron chi connectivity index (χ3n) is 4.63. The van der Waals surface area contributed by atoms with E-state index < -0.39 is 32.5 Å². The maximum atomic E-state index is 12.3. The van der Waals surface area contributed by atoms with E-state index in [-0.39, 0.29) is 30.5 Å². The number of nitrogens with zero attached hydrogens (tertiary/aromatic N) is 2. The van der Waals surface area contributed by atoms with E-state index in [1.807, 2.05) is 0 Å². The zero-order valence-corrected chi connectivity index (χ0v) is 20.0. The molecule has 0 aliphatic carbocycles. The fourth-order valence-corrected chi connectivity index (χ4v) is 4.65. The zero-order chi connectivity index (χ0) is 24.2. The monoisotopic (exact) mass is 499 g/mol. The van der Waals surface area contributed by atoms with Crippen LogP contribution in [0.2, 0.25) is 0 Å². The first-order valence-corrected chi connectivity index (χ1v) is 13.1. The second kappa shape index (κ2) is 9.85. The number of hydrogen-bond donors (Lipinski definition) is 1. The molecule has 11 nitrogen and oxygen atoms in total. The molecule has 33 heavy (non-hydrogen) atoms. The van der Waals surface area contributed by atoms with E-state index in [4.69, 9.17) is 14.2 Å². The van der Waals surface area contributed by atoms with Crippen molar-refractivity contribution < 1.29 is 35.8 Å². The van der Waals surface area contributed by atoms with Crippen LogP contribution in [0.5, 0.6) is 17.2 Å². The molecule has 0 fully saturated rings. The minimum Gasteiger partial charge on any atom is -0.492 e. The highest BCUT2D eigenvalue weighted by Gasteiger charge is 2.23. The third-order valence-corrected chi connectivity index (χ3v) is 7.60.